The summed E-state index contributed by atoms with van der Waals surface area (Å²) < 4.78 is 0. The predicted octanol–water partition coefficient (Wildman–Crippen LogP) is 23.7. The normalized spacial score (nSPS) is 11.2. The molecule has 0 atom stereocenters. The van der Waals surface area contributed by atoms with E-state index < -0.39 is 0 Å². The summed E-state index contributed by atoms with van der Waals surface area (Å²) in [6, 6.07) is 129. The van der Waals surface area contributed by atoms with Crippen LogP contribution in [-0.2, 0) is 0 Å². The lowest BCUT2D eigenvalue weighted by Gasteiger charge is -2.27. The highest BCUT2D eigenvalue weighted by Crippen LogP contribution is 2.42. The second-order valence-electron chi connectivity index (χ2n) is 22.3. The van der Waals surface area contributed by atoms with Gasteiger partial charge in [0.1, 0.15) is 0 Å². The molecule has 0 unspecified atom stereocenters. The van der Waals surface area contributed by atoms with E-state index in [2.05, 4.69) is 368 Å². The summed E-state index contributed by atoms with van der Waals surface area (Å²) in [5, 5.41) is 4.86. The van der Waals surface area contributed by atoms with Crippen LogP contribution in [0.3, 0.4) is 0 Å². The maximum Gasteiger partial charge on any atom is 0.0715 e. The molecular formula is C85H59N3. The summed E-state index contributed by atoms with van der Waals surface area (Å²) in [7, 11) is 0. The molecule has 0 saturated heterocycles. The molecule has 0 fully saturated rings. The van der Waals surface area contributed by atoms with Gasteiger partial charge >= 0.3 is 0 Å². The van der Waals surface area contributed by atoms with Crippen LogP contribution in [0.4, 0.5) is 34.1 Å². The van der Waals surface area contributed by atoms with E-state index >= 15 is 0 Å². The third-order valence-corrected chi connectivity index (χ3v) is 16.9. The molecule has 0 aliphatic heterocycles. The minimum atomic E-state index is 0.922. The first kappa shape index (κ1) is 53.1. The Bertz CT molecular complexity index is 4590. The average molecular weight is 1120 g/mol. The monoisotopic (exact) mass is 1120 g/mol. The second-order valence-corrected chi connectivity index (χ2v) is 22.3. The number of anilines is 6. The summed E-state index contributed by atoms with van der Waals surface area (Å²) in [6.45, 7) is 0. The van der Waals surface area contributed by atoms with Gasteiger partial charge in [-0.1, -0.05) is 285 Å². The zero-order valence-electron chi connectivity index (χ0n) is 48.4. The Labute approximate surface area is 514 Å². The molecule has 414 valence electrons. The Morgan fingerprint density at radius 1 is 0.170 bits per heavy atom. The van der Waals surface area contributed by atoms with E-state index in [1.807, 2.05) is 0 Å². The molecule has 0 amide bonds. The topological polar surface area (TPSA) is 19.4 Å². The summed E-state index contributed by atoms with van der Waals surface area (Å²) in [4.78, 5) is 10.1. The van der Waals surface area contributed by atoms with Crippen molar-refractivity contribution in [3.05, 3.63) is 358 Å². The van der Waals surface area contributed by atoms with Gasteiger partial charge in [-0.3, -0.25) is 0 Å². The van der Waals surface area contributed by atoms with E-state index in [9.17, 15) is 0 Å². The van der Waals surface area contributed by atoms with Crippen LogP contribution < -0.4 is 9.80 Å². The standard InChI is InChI=1S/C85H59N3/c1-4-16-60(17-5-1)61-38-40-70(41-39-61)75-58-82(73-46-42-66(43-47-73)62-30-34-64(35-31-62)68-50-54-78(55-51-68)87(76-22-6-2-7-23-76)84-28-14-20-71-18-10-12-26-80(71)84)86-83(59-75)74-48-44-67(45-49-74)63-32-36-65(37-33-63)69-52-56-79(57-53-69)88(77-24-8-3-9-25-77)85-29-15-21-72-19-11-13-27-81(72)85/h1-59H. The summed E-state index contributed by atoms with van der Waals surface area (Å²) in [5.74, 6) is 0. The molecule has 0 aliphatic carbocycles. The van der Waals surface area contributed by atoms with Crippen LogP contribution in [0, 0.1) is 0 Å². The molecule has 0 saturated carbocycles. The molecule has 0 spiro atoms. The first-order valence-corrected chi connectivity index (χ1v) is 30.1. The number of pyridine rings is 1. The van der Waals surface area contributed by atoms with Gasteiger partial charge in [0.2, 0.25) is 0 Å². The van der Waals surface area contributed by atoms with Crippen LogP contribution >= 0.6 is 0 Å². The van der Waals surface area contributed by atoms with Crippen molar-refractivity contribution in [3.63, 3.8) is 0 Å². The molecule has 0 radical (unpaired) electrons. The molecule has 88 heavy (non-hydrogen) atoms. The van der Waals surface area contributed by atoms with Crippen LogP contribution in [0.2, 0.25) is 0 Å². The van der Waals surface area contributed by atoms with Crippen molar-refractivity contribution in [2.24, 2.45) is 0 Å². The molecular weight excluding hydrogens is 1060 g/mol. The van der Waals surface area contributed by atoms with E-state index in [0.29, 0.717) is 0 Å². The Hall–Kier alpha value is -11.7. The number of benzene rings is 14. The number of aromatic nitrogens is 1. The van der Waals surface area contributed by atoms with E-state index in [1.165, 1.54) is 54.9 Å². The van der Waals surface area contributed by atoms with Crippen molar-refractivity contribution in [2.45, 2.75) is 0 Å². The summed E-state index contributed by atoms with van der Waals surface area (Å²) in [5.41, 5.74) is 24.6. The van der Waals surface area contributed by atoms with Crippen molar-refractivity contribution in [1.82, 2.24) is 4.98 Å². The third-order valence-electron chi connectivity index (χ3n) is 16.9. The molecule has 3 heteroatoms. The molecule has 15 rings (SSSR count). The fourth-order valence-corrected chi connectivity index (χ4v) is 12.3. The van der Waals surface area contributed by atoms with E-state index in [0.717, 1.165) is 90.0 Å². The van der Waals surface area contributed by atoms with Gasteiger partial charge in [0.05, 0.1) is 22.8 Å². The second kappa shape index (κ2) is 23.8. The number of fused-ring (bicyclic) bond motifs is 2. The van der Waals surface area contributed by atoms with Crippen LogP contribution in [0.1, 0.15) is 0 Å². The zero-order chi connectivity index (χ0) is 58.6. The van der Waals surface area contributed by atoms with E-state index in [4.69, 9.17) is 4.98 Å². The number of para-hydroxylation sites is 2. The summed E-state index contributed by atoms with van der Waals surface area (Å²) in [6.07, 6.45) is 0. The van der Waals surface area contributed by atoms with Crippen LogP contribution in [0.25, 0.3) is 111 Å². The maximum atomic E-state index is 5.38. The smallest absolute Gasteiger partial charge is 0.0715 e. The van der Waals surface area contributed by atoms with E-state index in [1.54, 1.807) is 0 Å². The molecule has 1 aromatic heterocycles. The number of hydrogen-bond donors (Lipinski definition) is 0. The SMILES string of the molecule is c1ccc(-c2ccc(-c3cc(-c4ccc(-c5ccc(-c6ccc(N(c7ccccc7)c7cccc8ccccc78)cc6)cc5)cc4)nc(-c4ccc(-c5ccc(-c6ccc(N(c7ccccc7)c7cccc8ccccc78)cc6)cc5)cc4)c3)cc2)cc1. The van der Waals surface area contributed by atoms with Crippen molar-refractivity contribution < 1.29 is 0 Å². The Balaban J connectivity index is 0.682. The minimum absolute atomic E-state index is 0.922. The van der Waals surface area contributed by atoms with Gasteiger partial charge < -0.3 is 9.80 Å². The van der Waals surface area contributed by atoms with Gasteiger partial charge in [0, 0.05) is 44.6 Å². The highest BCUT2D eigenvalue weighted by Gasteiger charge is 2.18. The number of rotatable bonds is 14. The van der Waals surface area contributed by atoms with Gasteiger partial charge in [-0.25, -0.2) is 4.98 Å². The average Bonchev–Trinajstić information content (AvgIpc) is 2.95. The highest BCUT2D eigenvalue weighted by atomic mass is 15.1. The lowest BCUT2D eigenvalue weighted by molar-refractivity contribution is 1.30. The van der Waals surface area contributed by atoms with Gasteiger partial charge in [0.15, 0.2) is 0 Å². The molecule has 1 heterocycles. The first-order chi connectivity index (χ1) is 43.6. The van der Waals surface area contributed by atoms with Crippen LogP contribution in [0.5, 0.6) is 0 Å². The third kappa shape index (κ3) is 10.8. The van der Waals surface area contributed by atoms with Crippen molar-refractivity contribution in [3.8, 4) is 89.3 Å². The van der Waals surface area contributed by atoms with Gasteiger partial charge in [-0.05, 0) is 150 Å². The minimum Gasteiger partial charge on any atom is -0.310 e. The van der Waals surface area contributed by atoms with E-state index in [-0.39, 0.29) is 0 Å². The quantitative estimate of drug-likeness (QED) is 0.108. The van der Waals surface area contributed by atoms with Crippen LogP contribution in [-0.4, -0.2) is 4.98 Å². The van der Waals surface area contributed by atoms with Crippen molar-refractivity contribution in [1.29, 1.82) is 0 Å². The Morgan fingerprint density at radius 3 is 0.750 bits per heavy atom. The molecule has 14 aromatic carbocycles. The molecule has 0 N–H and O–H groups in total. The molecule has 15 aromatic rings. The lowest BCUT2D eigenvalue weighted by atomic mass is 9.96. The fraction of sp³-hybridized carbons (Fsp3) is 0. The largest absolute Gasteiger partial charge is 0.310 e. The molecule has 0 bridgehead atoms. The summed E-state index contributed by atoms with van der Waals surface area (Å²) >= 11 is 0. The molecule has 0 aliphatic rings. The van der Waals surface area contributed by atoms with Crippen molar-refractivity contribution >= 4 is 55.7 Å². The Morgan fingerprint density at radius 2 is 0.409 bits per heavy atom. The fourth-order valence-electron chi connectivity index (χ4n) is 12.3. The number of nitrogens with zero attached hydrogens (tertiary/aromatic N) is 3. The van der Waals surface area contributed by atoms with Crippen LogP contribution in [0.15, 0.2) is 358 Å². The zero-order valence-corrected chi connectivity index (χ0v) is 48.4. The lowest BCUT2D eigenvalue weighted by Crippen LogP contribution is -2.10. The highest BCUT2D eigenvalue weighted by molar-refractivity contribution is 6.00. The van der Waals surface area contributed by atoms with Crippen molar-refractivity contribution in [2.75, 3.05) is 9.80 Å². The first-order valence-electron chi connectivity index (χ1n) is 30.1. The number of hydrogen-bond acceptors (Lipinski definition) is 3. The molecule has 3 nitrogen and oxygen atoms in total. The predicted molar refractivity (Wildman–Crippen MR) is 372 cm³/mol. The maximum absolute atomic E-state index is 5.38. The Kier molecular flexibility index (Phi) is 14.3. The van der Waals surface area contributed by atoms with Gasteiger partial charge in [-0.2, -0.15) is 0 Å². The van der Waals surface area contributed by atoms with Gasteiger partial charge in [0.25, 0.3) is 0 Å². The van der Waals surface area contributed by atoms with Gasteiger partial charge in [-0.15, -0.1) is 0 Å².